The van der Waals surface area contributed by atoms with E-state index in [0.29, 0.717) is 21.3 Å². The summed E-state index contributed by atoms with van der Waals surface area (Å²) in [6.07, 6.45) is 0. The first-order valence-electron chi connectivity index (χ1n) is 7.87. The Kier molecular flexibility index (Phi) is 5.69. The summed E-state index contributed by atoms with van der Waals surface area (Å²) < 4.78 is 34.3. The lowest BCUT2D eigenvalue weighted by Gasteiger charge is -2.12. The molecule has 5 nitrogen and oxygen atoms in total. The average molecular weight is 466 g/mol. The molecule has 3 aromatic rings. The number of anilines is 1. The first kappa shape index (κ1) is 19.6. The van der Waals surface area contributed by atoms with Gasteiger partial charge in [-0.25, -0.2) is 13.2 Å². The maximum absolute atomic E-state index is 13.2. The third-order valence-electron chi connectivity index (χ3n) is 3.87. The van der Waals surface area contributed by atoms with E-state index in [1.54, 1.807) is 29.6 Å². The van der Waals surface area contributed by atoms with Crippen molar-refractivity contribution in [2.24, 2.45) is 0 Å². The SMILES string of the molecule is COC(=O)c1scc(-c2ccc(C)cc2)c1S(=O)(=O)Nc1ccccc1Br. The van der Waals surface area contributed by atoms with Gasteiger partial charge in [-0.2, -0.15) is 0 Å². The van der Waals surface area contributed by atoms with Gasteiger partial charge in [0.25, 0.3) is 10.0 Å². The second-order valence-corrected chi connectivity index (χ2v) is 9.10. The molecule has 0 bridgehead atoms. The average Bonchev–Trinajstić information content (AvgIpc) is 3.09. The van der Waals surface area contributed by atoms with Crippen LogP contribution in [0.2, 0.25) is 0 Å². The van der Waals surface area contributed by atoms with Crippen LogP contribution in [-0.4, -0.2) is 21.5 Å². The van der Waals surface area contributed by atoms with Crippen LogP contribution in [0.25, 0.3) is 11.1 Å². The smallest absolute Gasteiger partial charge is 0.349 e. The van der Waals surface area contributed by atoms with E-state index in [1.165, 1.54) is 7.11 Å². The number of thiophene rings is 1. The van der Waals surface area contributed by atoms with Crippen molar-refractivity contribution in [3.05, 3.63) is 68.8 Å². The zero-order chi connectivity index (χ0) is 19.6. The van der Waals surface area contributed by atoms with Crippen LogP contribution in [-0.2, 0) is 14.8 Å². The van der Waals surface area contributed by atoms with Crippen molar-refractivity contribution in [1.29, 1.82) is 0 Å². The Morgan fingerprint density at radius 1 is 1.11 bits per heavy atom. The van der Waals surface area contributed by atoms with Crippen molar-refractivity contribution in [1.82, 2.24) is 0 Å². The van der Waals surface area contributed by atoms with E-state index in [-0.39, 0.29) is 9.77 Å². The Morgan fingerprint density at radius 3 is 2.41 bits per heavy atom. The topological polar surface area (TPSA) is 72.5 Å². The fraction of sp³-hybridized carbons (Fsp3) is 0.105. The fourth-order valence-corrected chi connectivity index (χ4v) is 5.83. The highest BCUT2D eigenvalue weighted by Gasteiger charge is 2.30. The Balaban J connectivity index is 2.16. The highest BCUT2D eigenvalue weighted by molar-refractivity contribution is 9.10. The number of aryl methyl sites for hydroxylation is 1. The lowest BCUT2D eigenvalue weighted by atomic mass is 10.1. The number of halogens is 1. The predicted octanol–water partition coefficient (Wildman–Crippen LogP) is 5.07. The van der Waals surface area contributed by atoms with Gasteiger partial charge >= 0.3 is 5.97 Å². The number of ether oxygens (including phenoxy) is 1. The van der Waals surface area contributed by atoms with E-state index in [0.717, 1.165) is 16.9 Å². The summed E-state index contributed by atoms with van der Waals surface area (Å²) in [5.41, 5.74) is 2.60. The first-order chi connectivity index (χ1) is 12.8. The number of carbonyl (C=O) groups excluding carboxylic acids is 1. The molecule has 0 saturated carbocycles. The number of sulfonamides is 1. The zero-order valence-corrected chi connectivity index (χ0v) is 17.7. The van der Waals surface area contributed by atoms with Gasteiger partial charge in [-0.15, -0.1) is 11.3 Å². The fourth-order valence-electron chi connectivity index (χ4n) is 2.52. The maximum Gasteiger partial charge on any atom is 0.349 e. The van der Waals surface area contributed by atoms with E-state index < -0.39 is 16.0 Å². The minimum Gasteiger partial charge on any atom is -0.465 e. The van der Waals surface area contributed by atoms with Gasteiger partial charge in [0.05, 0.1) is 12.8 Å². The van der Waals surface area contributed by atoms with E-state index in [1.807, 2.05) is 31.2 Å². The number of nitrogens with one attached hydrogen (secondary N) is 1. The Labute approximate surface area is 170 Å². The standard InChI is InChI=1S/C19H16BrNO4S2/c1-12-7-9-13(10-8-12)14-11-26-17(19(22)25-2)18(14)27(23,24)21-16-6-4-3-5-15(16)20/h3-11,21H,1-2H3. The van der Waals surface area contributed by atoms with Gasteiger partial charge in [0.1, 0.15) is 9.77 Å². The summed E-state index contributed by atoms with van der Waals surface area (Å²) in [6.45, 7) is 1.95. The Hall–Kier alpha value is -2.16. The van der Waals surface area contributed by atoms with Gasteiger partial charge in [0, 0.05) is 15.4 Å². The molecule has 2 aromatic carbocycles. The lowest BCUT2D eigenvalue weighted by molar-refractivity contribution is 0.0602. The van der Waals surface area contributed by atoms with Crippen LogP contribution in [0.15, 0.2) is 63.3 Å². The molecule has 0 atom stereocenters. The summed E-state index contributed by atoms with van der Waals surface area (Å²) in [7, 11) is -2.81. The molecular formula is C19H16BrNO4S2. The largest absolute Gasteiger partial charge is 0.465 e. The van der Waals surface area contributed by atoms with Crippen LogP contribution < -0.4 is 4.72 Å². The van der Waals surface area contributed by atoms with Crippen LogP contribution in [0.1, 0.15) is 15.2 Å². The van der Waals surface area contributed by atoms with Gasteiger partial charge in [-0.3, -0.25) is 4.72 Å². The van der Waals surface area contributed by atoms with Crippen LogP contribution in [0, 0.1) is 6.92 Å². The number of benzene rings is 2. The number of carbonyl (C=O) groups is 1. The Bertz CT molecular complexity index is 1090. The van der Waals surface area contributed by atoms with E-state index in [9.17, 15) is 13.2 Å². The van der Waals surface area contributed by atoms with Gasteiger partial charge in [0.2, 0.25) is 0 Å². The van der Waals surface area contributed by atoms with Crippen molar-refractivity contribution >= 4 is 48.9 Å². The second kappa shape index (κ2) is 7.84. The molecule has 0 aliphatic rings. The van der Waals surface area contributed by atoms with Crippen LogP contribution >= 0.6 is 27.3 Å². The van der Waals surface area contributed by atoms with Gasteiger partial charge in [-0.1, -0.05) is 42.0 Å². The summed E-state index contributed by atoms with van der Waals surface area (Å²) in [4.78, 5) is 12.1. The molecule has 1 heterocycles. The molecule has 0 spiro atoms. The molecule has 0 fully saturated rings. The van der Waals surface area contributed by atoms with Gasteiger partial charge in [0.15, 0.2) is 0 Å². The molecule has 0 radical (unpaired) electrons. The highest BCUT2D eigenvalue weighted by Crippen LogP contribution is 2.37. The van der Waals surface area contributed by atoms with E-state index in [4.69, 9.17) is 4.74 Å². The van der Waals surface area contributed by atoms with Crippen LogP contribution in [0.4, 0.5) is 5.69 Å². The Morgan fingerprint density at radius 2 is 1.78 bits per heavy atom. The second-order valence-electron chi connectivity index (χ2n) is 5.75. The zero-order valence-electron chi connectivity index (χ0n) is 14.5. The first-order valence-corrected chi connectivity index (χ1v) is 11.0. The molecule has 3 rings (SSSR count). The van der Waals surface area contributed by atoms with Crippen molar-refractivity contribution in [2.45, 2.75) is 11.8 Å². The molecule has 0 aliphatic carbocycles. The third-order valence-corrected chi connectivity index (χ3v) is 7.10. The third kappa shape index (κ3) is 4.07. The lowest BCUT2D eigenvalue weighted by Crippen LogP contribution is -2.17. The highest BCUT2D eigenvalue weighted by atomic mass is 79.9. The minimum absolute atomic E-state index is 0.0348. The van der Waals surface area contributed by atoms with E-state index in [2.05, 4.69) is 20.7 Å². The summed E-state index contributed by atoms with van der Waals surface area (Å²) in [6, 6.07) is 14.3. The number of hydrogen-bond donors (Lipinski definition) is 1. The summed E-state index contributed by atoms with van der Waals surface area (Å²) >= 11 is 4.37. The predicted molar refractivity (Wildman–Crippen MR) is 111 cm³/mol. The van der Waals surface area contributed by atoms with Gasteiger partial charge in [-0.05, 0) is 40.5 Å². The molecule has 8 heteroatoms. The van der Waals surface area contributed by atoms with Crippen molar-refractivity contribution in [2.75, 3.05) is 11.8 Å². The van der Waals surface area contributed by atoms with Crippen molar-refractivity contribution in [3.63, 3.8) is 0 Å². The molecule has 0 unspecified atom stereocenters. The number of rotatable bonds is 5. The minimum atomic E-state index is -4.04. The number of methoxy groups -OCH3 is 1. The van der Waals surface area contributed by atoms with Gasteiger partial charge < -0.3 is 4.74 Å². The summed E-state index contributed by atoms with van der Waals surface area (Å²) in [5.74, 6) is -0.689. The number of para-hydroxylation sites is 1. The molecule has 1 aromatic heterocycles. The normalized spacial score (nSPS) is 11.2. The molecular weight excluding hydrogens is 450 g/mol. The monoisotopic (exact) mass is 465 g/mol. The van der Waals surface area contributed by atoms with Crippen molar-refractivity contribution < 1.29 is 17.9 Å². The molecule has 0 amide bonds. The molecule has 140 valence electrons. The number of hydrogen-bond acceptors (Lipinski definition) is 5. The quantitative estimate of drug-likeness (QED) is 0.533. The van der Waals surface area contributed by atoms with Crippen molar-refractivity contribution in [3.8, 4) is 11.1 Å². The molecule has 1 N–H and O–H groups in total. The molecule has 27 heavy (non-hydrogen) atoms. The molecule has 0 saturated heterocycles. The summed E-state index contributed by atoms with van der Waals surface area (Å²) in [5, 5.41) is 1.66. The van der Waals surface area contributed by atoms with E-state index >= 15 is 0 Å². The van der Waals surface area contributed by atoms with Crippen LogP contribution in [0.3, 0.4) is 0 Å². The number of esters is 1. The maximum atomic E-state index is 13.2. The van der Waals surface area contributed by atoms with Crippen LogP contribution in [0.5, 0.6) is 0 Å². The molecule has 0 aliphatic heterocycles.